The number of aromatic nitrogens is 5. The first-order valence-electron chi connectivity index (χ1n) is 47.2. The molecule has 0 fully saturated rings. The van der Waals surface area contributed by atoms with Gasteiger partial charge in [0.15, 0.2) is 31.0 Å². The second-order valence-corrected chi connectivity index (χ2v) is 38.9. The molecule has 0 N–H and O–H groups in total. The maximum absolute atomic E-state index is 6.49. The molecule has 0 aliphatic rings. The van der Waals surface area contributed by atoms with Crippen LogP contribution in [0.5, 0.6) is 0 Å². The summed E-state index contributed by atoms with van der Waals surface area (Å²) in [6.07, 6.45) is 10.8. The molecule has 0 aliphatic carbocycles. The molecule has 10 heterocycles. The molecule has 15 aromatic carbocycles. The molecular formula is C126H112N5O5+5. The van der Waals surface area contributed by atoms with Crippen molar-refractivity contribution in [1.29, 1.82) is 0 Å². The molecule has 10 nitrogen and oxygen atoms in total. The molecule has 25 rings (SSSR count). The zero-order valence-corrected chi connectivity index (χ0v) is 81.3. The summed E-state index contributed by atoms with van der Waals surface area (Å²) in [5, 5.41) is 24.2. The van der Waals surface area contributed by atoms with E-state index in [4.69, 9.17) is 22.1 Å². The molecule has 10 aromatic heterocycles. The average Bonchev–Trinajstić information content (AvgIpc) is 1.60. The third-order valence-electron chi connectivity index (χ3n) is 28.1. The maximum Gasteiger partial charge on any atom is 0.216 e. The fourth-order valence-corrected chi connectivity index (χ4v) is 21.0. The Kier molecular flexibility index (Phi) is 21.8. The van der Waals surface area contributed by atoms with Gasteiger partial charge in [-0.25, -0.2) is 22.8 Å². The normalized spacial score (nSPS) is 11.8. The van der Waals surface area contributed by atoms with Crippen LogP contribution >= 0.6 is 0 Å². The van der Waals surface area contributed by atoms with Crippen molar-refractivity contribution in [3.05, 3.63) is 388 Å². The van der Waals surface area contributed by atoms with Crippen molar-refractivity contribution in [3.63, 3.8) is 0 Å². The fourth-order valence-electron chi connectivity index (χ4n) is 21.0. The minimum atomic E-state index is 0.122. The standard InChI is InChI=1S/C27H26NO.3C25H22NO.C24H20NO/c1-17-10-12-21-22-14-18-8-6-7-9-19(18)15-24(22)29-26(21)25(17)23-13-11-20(16-28(23)5)27(2,3)4;1-15-9-10-20-21-12-18-7-5-6-8-19(18)13-23(21)27-25(20)24(15)22-11-16(2)17(3)14-26(22)4;1-15-9-10-21(26(4)14-15)24-17(3)11-16(2)23-20-12-18-7-5-6-8-19(18)13-22(20)27-25(23)24;1-15-9-10-26(4)21(11-15)24-17(3)12-16(2)23-20-13-18-7-5-6-8-19(18)14-22(20)27-25(23)24;1-15-12-16(2)23(20-10-6-7-11-25(20)3)24-22(15)19-13-17-8-4-5-9-18(17)14-21(19)26-24/h6-16H,1-5H3;3*5-14H,1-4H3;4-14H,1-3H3/q5*+1. The van der Waals surface area contributed by atoms with E-state index in [1.54, 1.807) is 0 Å². The number of hydrogen-bond acceptors (Lipinski definition) is 5. The highest BCUT2D eigenvalue weighted by Crippen LogP contribution is 2.47. The van der Waals surface area contributed by atoms with E-state index in [0.29, 0.717) is 0 Å². The van der Waals surface area contributed by atoms with Crippen LogP contribution in [0.2, 0.25) is 0 Å². The van der Waals surface area contributed by atoms with E-state index >= 15 is 0 Å². The van der Waals surface area contributed by atoms with Crippen LogP contribution in [0, 0.1) is 83.1 Å². The monoisotopic (exact) mass is 1770 g/mol. The SMILES string of the molecule is Cc1cc(-c2c(C)ccc3c2oc2cc4ccccc4cc23)[n+](C)cc1C.Cc1cc(C)c2c(oc3cc4ccccc4cc32)c1-c1cccc[n+]1C.Cc1cc[n+](C)c(-c2c(C)cc(C)c3c2oc2cc4ccccc4cc23)c1.Cc1ccc(-c2c(C)cc(C)c3c2oc2cc4ccccc4cc23)[n+](C)c1.Cc1ccc2c(oc3cc4ccccc4cc32)c1-c1ccc(C(C)(C)C)c[n+]1C. The predicted octanol–water partition coefficient (Wildman–Crippen LogP) is 31.2. The first-order valence-corrected chi connectivity index (χ1v) is 47.2. The van der Waals surface area contributed by atoms with Gasteiger partial charge in [-0.15, -0.1) is 0 Å². The Hall–Kier alpha value is -15.7. The highest BCUT2D eigenvalue weighted by atomic mass is 16.3. The van der Waals surface area contributed by atoms with Crippen molar-refractivity contribution in [2.75, 3.05) is 0 Å². The van der Waals surface area contributed by atoms with Crippen LogP contribution in [0.25, 0.3) is 220 Å². The number of hydrogen-bond donors (Lipinski definition) is 0. The average molecular weight is 1780 g/mol. The van der Waals surface area contributed by atoms with Crippen molar-refractivity contribution in [3.8, 4) is 56.3 Å². The van der Waals surface area contributed by atoms with Crippen molar-refractivity contribution in [2.24, 2.45) is 35.2 Å². The predicted molar refractivity (Wildman–Crippen MR) is 565 cm³/mol. The minimum absolute atomic E-state index is 0.122. The lowest BCUT2D eigenvalue weighted by Crippen LogP contribution is -2.33. The molecule has 0 saturated heterocycles. The van der Waals surface area contributed by atoms with Crippen LogP contribution in [0.3, 0.4) is 0 Å². The van der Waals surface area contributed by atoms with Gasteiger partial charge in [-0.1, -0.05) is 185 Å². The lowest BCUT2D eigenvalue weighted by atomic mass is 9.88. The maximum atomic E-state index is 6.49. The number of benzene rings is 15. The Morgan fingerprint density at radius 1 is 0.199 bits per heavy atom. The van der Waals surface area contributed by atoms with Gasteiger partial charge in [0.25, 0.3) is 0 Å². The molecule has 10 heteroatoms. The van der Waals surface area contributed by atoms with Crippen molar-refractivity contribution in [2.45, 2.75) is 109 Å². The quantitative estimate of drug-likeness (QED) is 0.160. The second kappa shape index (κ2) is 34.1. The van der Waals surface area contributed by atoms with Crippen LogP contribution in [0.1, 0.15) is 93.1 Å². The number of fused-ring (bicyclic) bond motifs is 20. The first kappa shape index (κ1) is 87.0. The van der Waals surface area contributed by atoms with Gasteiger partial charge in [0, 0.05) is 113 Å². The van der Waals surface area contributed by atoms with E-state index < -0.39 is 0 Å². The van der Waals surface area contributed by atoms with E-state index in [0.717, 1.165) is 55.8 Å². The van der Waals surface area contributed by atoms with Crippen LogP contribution in [-0.4, -0.2) is 0 Å². The van der Waals surface area contributed by atoms with Crippen LogP contribution in [0.4, 0.5) is 0 Å². The zero-order valence-electron chi connectivity index (χ0n) is 81.3. The van der Waals surface area contributed by atoms with Crippen molar-refractivity contribution >= 4 is 164 Å². The van der Waals surface area contributed by atoms with E-state index in [2.05, 4.69) is 478 Å². The molecule has 136 heavy (non-hydrogen) atoms. The topological polar surface area (TPSA) is 85.1 Å². The zero-order chi connectivity index (χ0) is 94.3. The third kappa shape index (κ3) is 15.4. The summed E-state index contributed by atoms with van der Waals surface area (Å²) in [6.45, 7) is 32.7. The number of pyridine rings is 5. The molecule has 0 amide bonds. The molecule has 666 valence electrons. The fraction of sp³-hybridized carbons (Fsp3) is 0.167. The number of nitrogens with zero attached hydrogens (tertiary/aromatic N) is 5. The third-order valence-corrected chi connectivity index (χ3v) is 28.1. The highest BCUT2D eigenvalue weighted by Gasteiger charge is 2.30. The van der Waals surface area contributed by atoms with Gasteiger partial charge in [-0.3, -0.25) is 0 Å². The molecule has 0 spiro atoms. The summed E-state index contributed by atoms with van der Waals surface area (Å²) in [5.41, 5.74) is 37.9. The van der Waals surface area contributed by atoms with Crippen LogP contribution in [-0.2, 0) is 40.7 Å². The Morgan fingerprint density at radius 3 is 0.904 bits per heavy atom. The summed E-state index contributed by atoms with van der Waals surface area (Å²) in [6, 6.07) is 102. The number of furan rings is 5. The first-order chi connectivity index (χ1) is 65.5. The molecule has 0 bridgehead atoms. The summed E-state index contributed by atoms with van der Waals surface area (Å²) in [7, 11) is 10.5. The van der Waals surface area contributed by atoms with Crippen molar-refractivity contribution < 1.29 is 44.9 Å². The lowest BCUT2D eigenvalue weighted by molar-refractivity contribution is -0.661. The summed E-state index contributed by atoms with van der Waals surface area (Å²) in [5.74, 6) is 0. The summed E-state index contributed by atoms with van der Waals surface area (Å²) < 4.78 is 43.3. The van der Waals surface area contributed by atoms with E-state index in [9.17, 15) is 0 Å². The molecule has 0 saturated carbocycles. The molecular weight excluding hydrogens is 1660 g/mol. The molecule has 25 aromatic rings. The molecule has 0 aliphatic heterocycles. The molecule has 0 radical (unpaired) electrons. The lowest BCUT2D eigenvalue weighted by Gasteiger charge is -2.17. The van der Waals surface area contributed by atoms with Gasteiger partial charge < -0.3 is 22.1 Å². The second-order valence-electron chi connectivity index (χ2n) is 38.9. The smallest absolute Gasteiger partial charge is 0.216 e. The summed E-state index contributed by atoms with van der Waals surface area (Å²) in [4.78, 5) is 0. The Bertz CT molecular complexity index is 9260. The van der Waals surface area contributed by atoms with Gasteiger partial charge in [0.2, 0.25) is 28.5 Å². The van der Waals surface area contributed by atoms with E-state index in [1.807, 2.05) is 0 Å². The Labute approximate surface area is 792 Å². The van der Waals surface area contributed by atoms with Crippen LogP contribution in [0.15, 0.2) is 338 Å². The van der Waals surface area contributed by atoms with Gasteiger partial charge in [-0.05, 0) is 277 Å². The van der Waals surface area contributed by atoms with E-state index in [-0.39, 0.29) is 5.41 Å². The molecule has 0 atom stereocenters. The van der Waals surface area contributed by atoms with Crippen molar-refractivity contribution in [1.82, 2.24) is 0 Å². The molecule has 0 unspecified atom stereocenters. The van der Waals surface area contributed by atoms with Crippen LogP contribution < -0.4 is 22.8 Å². The van der Waals surface area contributed by atoms with Gasteiger partial charge in [0.05, 0.1) is 27.8 Å². The Morgan fingerprint density at radius 2 is 0.515 bits per heavy atom. The van der Waals surface area contributed by atoms with Gasteiger partial charge in [-0.2, -0.15) is 0 Å². The number of rotatable bonds is 5. The van der Waals surface area contributed by atoms with E-state index in [1.165, 1.54) is 236 Å². The van der Waals surface area contributed by atoms with Gasteiger partial charge >= 0.3 is 0 Å². The highest BCUT2D eigenvalue weighted by molar-refractivity contribution is 6.19. The Balaban J connectivity index is 0.000000102. The minimum Gasteiger partial charge on any atom is -0.455 e. The van der Waals surface area contributed by atoms with Gasteiger partial charge in [0.1, 0.15) is 91.1 Å². The largest absolute Gasteiger partial charge is 0.455 e. The number of aryl methyl sites for hydroxylation is 17. The summed E-state index contributed by atoms with van der Waals surface area (Å²) >= 11 is 0.